The van der Waals surface area contributed by atoms with Crippen LogP contribution in [-0.2, 0) is 0 Å². The summed E-state index contributed by atoms with van der Waals surface area (Å²) in [6, 6.07) is 72.7. The third kappa shape index (κ3) is 6.32. The van der Waals surface area contributed by atoms with Gasteiger partial charge >= 0.3 is 0 Å². The molecular formula is C54H40N2. The third-order valence-corrected chi connectivity index (χ3v) is 11.1. The molecule has 9 aromatic rings. The molecule has 2 heteroatoms. The zero-order valence-corrected chi connectivity index (χ0v) is 31.1. The van der Waals surface area contributed by atoms with Gasteiger partial charge in [-0.1, -0.05) is 152 Å². The third-order valence-electron chi connectivity index (χ3n) is 11.1. The van der Waals surface area contributed by atoms with Crippen molar-refractivity contribution in [2.45, 2.75) is 12.8 Å². The predicted molar refractivity (Wildman–Crippen MR) is 238 cm³/mol. The molecule has 0 saturated heterocycles. The number of rotatable bonds is 8. The second-order valence-electron chi connectivity index (χ2n) is 14.5. The number of para-hydroxylation sites is 2. The van der Waals surface area contributed by atoms with Gasteiger partial charge in [0, 0.05) is 33.5 Å². The molecule has 1 aliphatic rings. The lowest BCUT2D eigenvalue weighted by atomic mass is 9.97. The maximum absolute atomic E-state index is 2.37. The Morgan fingerprint density at radius 1 is 0.375 bits per heavy atom. The summed E-state index contributed by atoms with van der Waals surface area (Å²) in [5, 5.41) is 2.55. The Labute approximate surface area is 328 Å². The van der Waals surface area contributed by atoms with Crippen molar-refractivity contribution in [3.05, 3.63) is 224 Å². The van der Waals surface area contributed by atoms with Gasteiger partial charge in [-0.3, -0.25) is 0 Å². The van der Waals surface area contributed by atoms with Crippen molar-refractivity contribution in [2.75, 3.05) is 4.90 Å². The lowest BCUT2D eigenvalue weighted by Gasteiger charge is -2.26. The number of allylic oxidation sites excluding steroid dienone is 4. The van der Waals surface area contributed by atoms with Crippen LogP contribution in [0.2, 0.25) is 0 Å². The van der Waals surface area contributed by atoms with Crippen LogP contribution in [0.4, 0.5) is 17.1 Å². The molecule has 266 valence electrons. The van der Waals surface area contributed by atoms with Crippen LogP contribution in [-0.4, -0.2) is 4.57 Å². The molecule has 0 amide bonds. The van der Waals surface area contributed by atoms with Crippen LogP contribution in [0.5, 0.6) is 0 Å². The Morgan fingerprint density at radius 3 is 1.36 bits per heavy atom. The van der Waals surface area contributed by atoms with Crippen molar-refractivity contribution in [1.29, 1.82) is 0 Å². The Balaban J connectivity index is 0.955. The fourth-order valence-electron chi connectivity index (χ4n) is 8.23. The topological polar surface area (TPSA) is 8.17 Å². The average Bonchev–Trinajstić information content (AvgIpc) is 3.62. The molecule has 0 N–H and O–H groups in total. The first kappa shape index (κ1) is 33.4. The second kappa shape index (κ2) is 14.6. The normalized spacial score (nSPS) is 12.5. The summed E-state index contributed by atoms with van der Waals surface area (Å²) >= 11 is 0. The summed E-state index contributed by atoms with van der Waals surface area (Å²) in [4.78, 5) is 2.35. The minimum Gasteiger partial charge on any atom is -0.311 e. The molecule has 8 aromatic carbocycles. The van der Waals surface area contributed by atoms with E-state index in [1.807, 2.05) is 0 Å². The molecule has 0 spiro atoms. The summed E-state index contributed by atoms with van der Waals surface area (Å²) < 4.78 is 2.37. The summed E-state index contributed by atoms with van der Waals surface area (Å²) in [5.41, 5.74) is 16.9. The number of hydrogen-bond acceptors (Lipinski definition) is 1. The SMILES string of the molecule is C1=CCCC(c2ccc(N(c3ccc(-c4ccccc4)cc3)c3ccc(-c4cccc(-c5ccc(-n6c7ccccc7c7ccccc76)cc5)c4)cc3)cc2)=C1. The number of hydrogen-bond donors (Lipinski definition) is 0. The van der Waals surface area contributed by atoms with Crippen molar-refractivity contribution in [3.8, 4) is 39.1 Å². The Morgan fingerprint density at radius 2 is 0.821 bits per heavy atom. The Kier molecular flexibility index (Phi) is 8.70. The molecule has 1 aliphatic carbocycles. The van der Waals surface area contributed by atoms with E-state index < -0.39 is 0 Å². The van der Waals surface area contributed by atoms with Gasteiger partial charge in [-0.05, 0) is 124 Å². The van der Waals surface area contributed by atoms with Crippen molar-refractivity contribution >= 4 is 44.4 Å². The monoisotopic (exact) mass is 716 g/mol. The molecule has 0 unspecified atom stereocenters. The molecule has 0 aliphatic heterocycles. The van der Waals surface area contributed by atoms with E-state index in [4.69, 9.17) is 0 Å². The van der Waals surface area contributed by atoms with Gasteiger partial charge in [-0.25, -0.2) is 0 Å². The zero-order chi connectivity index (χ0) is 37.3. The first-order valence-electron chi connectivity index (χ1n) is 19.5. The molecule has 2 nitrogen and oxygen atoms in total. The summed E-state index contributed by atoms with van der Waals surface area (Å²) in [7, 11) is 0. The van der Waals surface area contributed by atoms with Crippen molar-refractivity contribution in [2.24, 2.45) is 0 Å². The number of fused-ring (bicyclic) bond motifs is 3. The van der Waals surface area contributed by atoms with Gasteiger partial charge in [-0.15, -0.1) is 0 Å². The van der Waals surface area contributed by atoms with E-state index in [9.17, 15) is 0 Å². The molecule has 10 rings (SSSR count). The molecule has 0 atom stereocenters. The van der Waals surface area contributed by atoms with Crippen molar-refractivity contribution in [3.63, 3.8) is 0 Å². The van der Waals surface area contributed by atoms with Crippen LogP contribution >= 0.6 is 0 Å². The van der Waals surface area contributed by atoms with E-state index in [1.54, 1.807) is 0 Å². The summed E-state index contributed by atoms with van der Waals surface area (Å²) in [6.45, 7) is 0. The highest BCUT2D eigenvalue weighted by Gasteiger charge is 2.15. The summed E-state index contributed by atoms with van der Waals surface area (Å²) in [6.07, 6.45) is 8.84. The Bertz CT molecular complexity index is 2800. The van der Waals surface area contributed by atoms with E-state index in [0.29, 0.717) is 0 Å². The molecule has 1 aromatic heterocycles. The first-order valence-corrected chi connectivity index (χ1v) is 19.5. The smallest absolute Gasteiger partial charge is 0.0541 e. The number of aromatic nitrogens is 1. The Hall–Kier alpha value is -7.16. The van der Waals surface area contributed by atoms with Crippen LogP contribution in [0.25, 0.3) is 66.4 Å². The van der Waals surface area contributed by atoms with Crippen LogP contribution in [0.1, 0.15) is 18.4 Å². The standard InChI is InChI=1S/C54H40N2/c1-3-12-39(13-4-1)41-22-30-47(31-23-41)55(48-32-24-42(25-33-48)40-14-5-2-6-15-40)49-34-26-43(27-35-49)45-16-11-17-46(38-45)44-28-36-50(37-29-44)56-53-20-9-7-18-51(53)52-19-8-10-21-54(52)56/h1-5,7-14,16-38H,6,15H2. The van der Waals surface area contributed by atoms with Crippen LogP contribution in [0.3, 0.4) is 0 Å². The first-order chi connectivity index (χ1) is 27.8. The van der Waals surface area contributed by atoms with E-state index >= 15 is 0 Å². The van der Waals surface area contributed by atoms with Crippen molar-refractivity contribution < 1.29 is 0 Å². The van der Waals surface area contributed by atoms with E-state index in [-0.39, 0.29) is 0 Å². The molecule has 1 heterocycles. The maximum Gasteiger partial charge on any atom is 0.0541 e. The fraction of sp³-hybridized carbons (Fsp3) is 0.0370. The largest absolute Gasteiger partial charge is 0.311 e. The zero-order valence-electron chi connectivity index (χ0n) is 31.1. The van der Waals surface area contributed by atoms with Gasteiger partial charge in [0.1, 0.15) is 0 Å². The summed E-state index contributed by atoms with van der Waals surface area (Å²) in [5.74, 6) is 0. The maximum atomic E-state index is 2.37. The predicted octanol–water partition coefficient (Wildman–Crippen LogP) is 15.0. The number of nitrogens with zero attached hydrogens (tertiary/aromatic N) is 2. The van der Waals surface area contributed by atoms with Gasteiger partial charge in [0.25, 0.3) is 0 Å². The van der Waals surface area contributed by atoms with E-state index in [1.165, 1.54) is 66.3 Å². The minimum atomic E-state index is 1.08. The van der Waals surface area contributed by atoms with Gasteiger partial charge in [0.2, 0.25) is 0 Å². The van der Waals surface area contributed by atoms with Gasteiger partial charge in [0.15, 0.2) is 0 Å². The van der Waals surface area contributed by atoms with Crippen LogP contribution < -0.4 is 4.90 Å². The van der Waals surface area contributed by atoms with Crippen LogP contribution in [0, 0.1) is 0 Å². The highest BCUT2D eigenvalue weighted by atomic mass is 15.1. The highest BCUT2D eigenvalue weighted by Crippen LogP contribution is 2.39. The van der Waals surface area contributed by atoms with Gasteiger partial charge in [-0.2, -0.15) is 0 Å². The van der Waals surface area contributed by atoms with E-state index in [2.05, 4.69) is 228 Å². The van der Waals surface area contributed by atoms with Crippen molar-refractivity contribution in [1.82, 2.24) is 4.57 Å². The second-order valence-corrected chi connectivity index (χ2v) is 14.5. The van der Waals surface area contributed by atoms with Crippen LogP contribution in [0.15, 0.2) is 218 Å². The molecular weight excluding hydrogens is 677 g/mol. The molecule has 56 heavy (non-hydrogen) atoms. The fourth-order valence-corrected chi connectivity index (χ4v) is 8.23. The average molecular weight is 717 g/mol. The van der Waals surface area contributed by atoms with Gasteiger partial charge < -0.3 is 9.47 Å². The number of anilines is 3. The molecule has 0 fully saturated rings. The number of benzene rings is 8. The highest BCUT2D eigenvalue weighted by molar-refractivity contribution is 6.09. The van der Waals surface area contributed by atoms with Gasteiger partial charge in [0.05, 0.1) is 11.0 Å². The lowest BCUT2D eigenvalue weighted by molar-refractivity contribution is 1.05. The molecule has 0 radical (unpaired) electrons. The quantitative estimate of drug-likeness (QED) is 0.152. The molecule has 0 bridgehead atoms. The molecule has 0 saturated carbocycles. The van der Waals surface area contributed by atoms with E-state index in [0.717, 1.165) is 35.6 Å². The lowest BCUT2D eigenvalue weighted by Crippen LogP contribution is -2.10. The minimum absolute atomic E-state index is 1.08.